The van der Waals surface area contributed by atoms with Crippen LogP contribution in [-0.2, 0) is 6.42 Å². The lowest BCUT2D eigenvalue weighted by Crippen LogP contribution is -2.47. The van der Waals surface area contributed by atoms with Gasteiger partial charge in [0.05, 0.1) is 18.0 Å². The molecule has 0 aliphatic carbocycles. The highest BCUT2D eigenvalue weighted by Crippen LogP contribution is 2.36. The van der Waals surface area contributed by atoms with Crippen molar-refractivity contribution in [1.29, 1.82) is 0 Å². The van der Waals surface area contributed by atoms with Crippen molar-refractivity contribution >= 4 is 28.4 Å². The summed E-state index contributed by atoms with van der Waals surface area (Å²) in [7, 11) is 0. The molecule has 0 atom stereocenters. The molecule has 2 aliphatic heterocycles. The van der Waals surface area contributed by atoms with Crippen molar-refractivity contribution in [1.82, 2.24) is 14.9 Å². The Hall–Kier alpha value is -3.26. The summed E-state index contributed by atoms with van der Waals surface area (Å²) in [5.74, 6) is 1.09. The van der Waals surface area contributed by atoms with Gasteiger partial charge in [0.2, 0.25) is 0 Å². The Morgan fingerprint density at radius 2 is 2.03 bits per heavy atom. The fraction of sp³-hybridized carbons (Fsp3) is 0.440. The summed E-state index contributed by atoms with van der Waals surface area (Å²) < 4.78 is 6.01. The molecule has 0 spiro atoms. The van der Waals surface area contributed by atoms with Crippen molar-refractivity contribution in [2.45, 2.75) is 25.7 Å². The number of nitrogens with two attached hydrogens (primary N) is 1. The van der Waals surface area contributed by atoms with Gasteiger partial charge in [-0.2, -0.15) is 0 Å². The minimum Gasteiger partial charge on any atom is -0.491 e. The summed E-state index contributed by atoms with van der Waals surface area (Å²) in [5, 5.41) is 0.916. The smallest absolute Gasteiger partial charge is 0.319 e. The fourth-order valence-corrected chi connectivity index (χ4v) is 4.95. The fourth-order valence-electron chi connectivity index (χ4n) is 4.95. The summed E-state index contributed by atoms with van der Waals surface area (Å²) in [6, 6.07) is 9.94. The van der Waals surface area contributed by atoms with Crippen LogP contribution >= 0.6 is 0 Å². The maximum Gasteiger partial charge on any atom is 0.319 e. The number of H-pyrrole nitrogens is 1. The number of anilines is 2. The Morgan fingerprint density at radius 1 is 1.15 bits per heavy atom. The lowest BCUT2D eigenvalue weighted by molar-refractivity contribution is 0.247. The number of carbonyl (C=O) groups excluding carboxylic acids is 1. The van der Waals surface area contributed by atoms with Crippen molar-refractivity contribution in [3.05, 3.63) is 48.3 Å². The second-order valence-corrected chi connectivity index (χ2v) is 8.82. The van der Waals surface area contributed by atoms with Crippen LogP contribution < -0.4 is 20.3 Å². The van der Waals surface area contributed by atoms with Gasteiger partial charge < -0.3 is 20.4 Å². The van der Waals surface area contributed by atoms with Gasteiger partial charge in [0.15, 0.2) is 0 Å². The monoisotopic (exact) mass is 448 g/mol. The van der Waals surface area contributed by atoms with E-state index in [9.17, 15) is 4.79 Å². The number of ether oxygens (including phenoxy) is 1. The minimum atomic E-state index is -0.429. The van der Waals surface area contributed by atoms with Crippen molar-refractivity contribution < 1.29 is 9.53 Å². The van der Waals surface area contributed by atoms with E-state index in [4.69, 9.17) is 10.5 Å². The van der Waals surface area contributed by atoms with E-state index in [1.165, 1.54) is 11.3 Å². The molecule has 33 heavy (non-hydrogen) atoms. The first kappa shape index (κ1) is 21.6. The van der Waals surface area contributed by atoms with E-state index in [2.05, 4.69) is 38.0 Å². The second kappa shape index (κ2) is 9.70. The predicted octanol–water partition coefficient (Wildman–Crippen LogP) is 3.38. The van der Waals surface area contributed by atoms with E-state index in [1.54, 1.807) is 11.1 Å². The third-order valence-electron chi connectivity index (χ3n) is 6.72. The van der Waals surface area contributed by atoms with E-state index in [1.807, 2.05) is 18.3 Å². The summed E-state index contributed by atoms with van der Waals surface area (Å²) >= 11 is 0. The number of fused-ring (bicyclic) bond motifs is 2. The molecule has 2 aliphatic rings. The predicted molar refractivity (Wildman–Crippen MR) is 131 cm³/mol. The SMILES string of the molecule is NC(=O)N(CCCCN1CCN(c2cccc3c2OCCC3)CC1)c1c[nH]c2ncccc12. The van der Waals surface area contributed by atoms with Gasteiger partial charge in [-0.15, -0.1) is 0 Å². The molecule has 8 heteroatoms. The average Bonchev–Trinajstić information content (AvgIpc) is 3.28. The maximum atomic E-state index is 12.1. The lowest BCUT2D eigenvalue weighted by atomic mass is 10.0. The molecule has 174 valence electrons. The molecule has 0 radical (unpaired) electrons. The third-order valence-corrected chi connectivity index (χ3v) is 6.72. The summed E-state index contributed by atoms with van der Waals surface area (Å²) in [6.45, 7) is 6.55. The molecule has 3 N–H and O–H groups in total. The number of urea groups is 1. The molecular formula is C25H32N6O2. The topological polar surface area (TPSA) is 90.7 Å². The van der Waals surface area contributed by atoms with Gasteiger partial charge in [-0.3, -0.25) is 9.80 Å². The number of nitrogens with one attached hydrogen (secondary N) is 1. The molecule has 2 amide bonds. The zero-order valence-corrected chi connectivity index (χ0v) is 19.0. The van der Waals surface area contributed by atoms with Gasteiger partial charge >= 0.3 is 6.03 Å². The minimum absolute atomic E-state index is 0.429. The maximum absolute atomic E-state index is 12.1. The third kappa shape index (κ3) is 4.61. The first-order valence-corrected chi connectivity index (χ1v) is 11.9. The molecule has 5 rings (SSSR count). The summed E-state index contributed by atoms with van der Waals surface area (Å²) in [4.78, 5) is 26.1. The van der Waals surface area contributed by atoms with Gasteiger partial charge in [-0.25, -0.2) is 9.78 Å². The van der Waals surface area contributed by atoms with Crippen molar-refractivity contribution in [2.75, 3.05) is 55.7 Å². The van der Waals surface area contributed by atoms with E-state index in [-0.39, 0.29) is 0 Å². The Bertz CT molecular complexity index is 1110. The van der Waals surface area contributed by atoms with E-state index >= 15 is 0 Å². The van der Waals surface area contributed by atoms with Crippen LogP contribution in [0.2, 0.25) is 0 Å². The Kier molecular flexibility index (Phi) is 6.35. The lowest BCUT2D eigenvalue weighted by Gasteiger charge is -2.37. The number of hydrogen-bond acceptors (Lipinski definition) is 5. The van der Waals surface area contributed by atoms with E-state index < -0.39 is 6.03 Å². The van der Waals surface area contributed by atoms with E-state index in [0.717, 1.165) is 87.5 Å². The molecule has 8 nitrogen and oxygen atoms in total. The standard InChI is InChI=1S/C25H32N6O2/c26-25(32)31(22-18-28-24-20(22)8-4-10-27-24)12-2-1-11-29-13-15-30(16-14-29)21-9-3-6-19-7-5-17-33-23(19)21/h3-4,6,8-10,18H,1-2,5,7,11-17H2,(H2,26,32)(H,27,28). The normalized spacial score (nSPS) is 16.4. The van der Waals surface area contributed by atoms with Gasteiger partial charge in [0.25, 0.3) is 0 Å². The van der Waals surface area contributed by atoms with Crippen LogP contribution in [0.25, 0.3) is 11.0 Å². The number of aromatic amines is 1. The zero-order chi connectivity index (χ0) is 22.6. The van der Waals surface area contributed by atoms with Gasteiger partial charge in [0, 0.05) is 50.5 Å². The highest BCUT2D eigenvalue weighted by Gasteiger charge is 2.23. The first-order chi connectivity index (χ1) is 16.2. The number of piperazine rings is 1. The number of hydrogen-bond donors (Lipinski definition) is 2. The number of amides is 2. The molecule has 1 fully saturated rings. The van der Waals surface area contributed by atoms with Crippen LogP contribution in [0, 0.1) is 0 Å². The highest BCUT2D eigenvalue weighted by molar-refractivity contribution is 6.01. The highest BCUT2D eigenvalue weighted by atomic mass is 16.5. The van der Waals surface area contributed by atoms with E-state index in [0.29, 0.717) is 6.54 Å². The van der Waals surface area contributed by atoms with Gasteiger partial charge in [-0.05, 0) is 56.0 Å². The van der Waals surface area contributed by atoms with Crippen LogP contribution in [0.1, 0.15) is 24.8 Å². The average molecular weight is 449 g/mol. The largest absolute Gasteiger partial charge is 0.491 e. The quantitative estimate of drug-likeness (QED) is 0.541. The molecule has 1 aromatic carbocycles. The Labute approximate surface area is 194 Å². The number of para-hydroxylation sites is 1. The van der Waals surface area contributed by atoms with Crippen molar-refractivity contribution in [2.24, 2.45) is 5.73 Å². The van der Waals surface area contributed by atoms with Crippen molar-refractivity contribution in [3.63, 3.8) is 0 Å². The second-order valence-electron chi connectivity index (χ2n) is 8.82. The number of rotatable bonds is 7. The number of nitrogens with zero attached hydrogens (tertiary/aromatic N) is 4. The molecule has 2 aromatic heterocycles. The molecule has 0 bridgehead atoms. The number of primary amides is 1. The number of benzene rings is 1. The molecule has 4 heterocycles. The number of pyridine rings is 1. The zero-order valence-electron chi connectivity index (χ0n) is 19.0. The number of aryl methyl sites for hydroxylation is 1. The number of aromatic nitrogens is 2. The van der Waals surface area contributed by atoms with Crippen LogP contribution in [0.5, 0.6) is 5.75 Å². The Morgan fingerprint density at radius 3 is 2.88 bits per heavy atom. The first-order valence-electron chi connectivity index (χ1n) is 11.9. The summed E-state index contributed by atoms with van der Waals surface area (Å²) in [6.07, 6.45) is 7.68. The van der Waals surface area contributed by atoms with Crippen LogP contribution in [0.15, 0.2) is 42.7 Å². The van der Waals surface area contributed by atoms with Crippen LogP contribution in [-0.4, -0.2) is 66.8 Å². The molecule has 1 saturated heterocycles. The molecule has 3 aromatic rings. The molecule has 0 saturated carbocycles. The molecular weight excluding hydrogens is 416 g/mol. The van der Waals surface area contributed by atoms with Crippen LogP contribution in [0.3, 0.4) is 0 Å². The van der Waals surface area contributed by atoms with Crippen molar-refractivity contribution in [3.8, 4) is 5.75 Å². The van der Waals surface area contributed by atoms with Gasteiger partial charge in [0.1, 0.15) is 11.4 Å². The number of carbonyl (C=O) groups is 1. The number of unbranched alkanes of at least 4 members (excludes halogenated alkanes) is 1. The van der Waals surface area contributed by atoms with Crippen LogP contribution in [0.4, 0.5) is 16.2 Å². The molecule has 0 unspecified atom stereocenters. The Balaban J connectivity index is 1.11. The van der Waals surface area contributed by atoms with Gasteiger partial charge in [-0.1, -0.05) is 12.1 Å². The summed E-state index contributed by atoms with van der Waals surface area (Å²) in [5.41, 5.74) is 9.84.